The fourth-order valence-corrected chi connectivity index (χ4v) is 3.91. The summed E-state index contributed by atoms with van der Waals surface area (Å²) in [4.78, 5) is 16.2. The van der Waals surface area contributed by atoms with Crippen LogP contribution in [0.25, 0.3) is 0 Å². The molecule has 1 fully saturated rings. The predicted octanol–water partition coefficient (Wildman–Crippen LogP) is 0.116. The van der Waals surface area contributed by atoms with Crippen LogP contribution >= 0.6 is 12.4 Å². The van der Waals surface area contributed by atoms with Gasteiger partial charge in [0.25, 0.3) is 15.9 Å². The Morgan fingerprint density at radius 1 is 1.30 bits per heavy atom. The van der Waals surface area contributed by atoms with Crippen molar-refractivity contribution in [2.75, 3.05) is 32.4 Å². The first-order chi connectivity index (χ1) is 10.5. The quantitative estimate of drug-likeness (QED) is 0.756. The van der Waals surface area contributed by atoms with Gasteiger partial charge in [-0.15, -0.1) is 16.8 Å². The van der Waals surface area contributed by atoms with Crippen molar-refractivity contribution in [1.29, 1.82) is 0 Å². The van der Waals surface area contributed by atoms with Gasteiger partial charge in [0.05, 0.1) is 11.3 Å². The first-order valence-electron chi connectivity index (χ1n) is 7.45. The maximum absolute atomic E-state index is 12.7. The Morgan fingerprint density at radius 2 is 2.00 bits per heavy atom. The van der Waals surface area contributed by atoms with E-state index in [2.05, 4.69) is 9.71 Å². The molecule has 0 unspecified atom stereocenters. The number of rotatable bonds is 2. The summed E-state index contributed by atoms with van der Waals surface area (Å²) in [6, 6.07) is 0.438. The molecule has 1 N–H and O–H groups in total. The summed E-state index contributed by atoms with van der Waals surface area (Å²) in [5.74, 6) is 0.102. The third-order valence-corrected chi connectivity index (χ3v) is 5.43. The number of carbonyl (C=O) groups excluding carboxylic acids is 1. The van der Waals surface area contributed by atoms with Gasteiger partial charge in [0.1, 0.15) is 0 Å². The molecule has 3 aliphatic heterocycles. The molecule has 0 saturated carbocycles. The number of amidine groups is 1. The molecule has 0 atom stereocenters. The van der Waals surface area contributed by atoms with Gasteiger partial charge in [0.15, 0.2) is 5.84 Å². The summed E-state index contributed by atoms with van der Waals surface area (Å²) in [5.41, 5.74) is 0.369. The standard InChI is InChI=1S/C14H20N4O3S.ClH/c1-15-11-4-7-18(8-5-11)14(19)12-3-2-6-17-9-10-22(20,21)16-13(12)17;/h2-3,6,11,15H,4-5,7-10H2,1H3;1H. The van der Waals surface area contributed by atoms with E-state index in [0.717, 1.165) is 12.8 Å². The molecular weight excluding hydrogens is 340 g/mol. The van der Waals surface area contributed by atoms with E-state index < -0.39 is 10.0 Å². The minimum Gasteiger partial charge on any atom is -0.338 e. The van der Waals surface area contributed by atoms with E-state index in [-0.39, 0.29) is 29.9 Å². The zero-order valence-electron chi connectivity index (χ0n) is 12.9. The maximum atomic E-state index is 12.7. The second kappa shape index (κ2) is 7.02. The molecule has 0 aromatic carbocycles. The van der Waals surface area contributed by atoms with Crippen molar-refractivity contribution >= 4 is 34.2 Å². The lowest BCUT2D eigenvalue weighted by atomic mass is 10.0. The van der Waals surface area contributed by atoms with E-state index in [1.54, 1.807) is 28.2 Å². The van der Waals surface area contributed by atoms with Gasteiger partial charge in [-0.2, -0.15) is 0 Å². The molecule has 1 saturated heterocycles. The summed E-state index contributed by atoms with van der Waals surface area (Å²) >= 11 is 0. The summed E-state index contributed by atoms with van der Waals surface area (Å²) < 4.78 is 27.3. The fraction of sp³-hybridized carbons (Fsp3) is 0.571. The van der Waals surface area contributed by atoms with E-state index in [9.17, 15) is 13.2 Å². The monoisotopic (exact) mass is 360 g/mol. The van der Waals surface area contributed by atoms with E-state index in [4.69, 9.17) is 0 Å². The Kier molecular flexibility index (Phi) is 5.49. The SMILES string of the molecule is CNC1CCN(C(=O)C2=CC=CN3CCS(=O)(=O)N=C23)CC1.Cl. The highest BCUT2D eigenvalue weighted by Gasteiger charge is 2.33. The number of amides is 1. The molecule has 3 aliphatic rings. The van der Waals surface area contributed by atoms with Gasteiger partial charge >= 0.3 is 0 Å². The van der Waals surface area contributed by atoms with E-state index >= 15 is 0 Å². The number of hydrogen-bond acceptors (Lipinski definition) is 5. The van der Waals surface area contributed by atoms with E-state index in [1.165, 1.54) is 0 Å². The minimum atomic E-state index is -3.47. The van der Waals surface area contributed by atoms with Gasteiger partial charge in [-0.05, 0) is 32.0 Å². The van der Waals surface area contributed by atoms with Crippen LogP contribution in [0.1, 0.15) is 12.8 Å². The highest BCUT2D eigenvalue weighted by atomic mass is 35.5. The van der Waals surface area contributed by atoms with Crippen molar-refractivity contribution in [2.24, 2.45) is 4.40 Å². The number of hydrogen-bond donors (Lipinski definition) is 1. The van der Waals surface area contributed by atoms with Gasteiger partial charge in [-0.3, -0.25) is 4.79 Å². The lowest BCUT2D eigenvalue weighted by Crippen LogP contribution is -2.47. The molecule has 9 heteroatoms. The number of allylic oxidation sites excluding steroid dienone is 2. The third kappa shape index (κ3) is 3.76. The predicted molar refractivity (Wildman–Crippen MR) is 91.1 cm³/mol. The van der Waals surface area contributed by atoms with Gasteiger partial charge in [0, 0.05) is 31.9 Å². The first kappa shape index (κ1) is 18.0. The van der Waals surface area contributed by atoms with E-state index in [1.807, 2.05) is 7.05 Å². The molecule has 3 rings (SSSR count). The lowest BCUT2D eigenvalue weighted by molar-refractivity contribution is -0.127. The van der Waals surface area contributed by atoms with Crippen LogP contribution < -0.4 is 5.32 Å². The molecule has 0 radical (unpaired) electrons. The number of sulfonamides is 1. The largest absolute Gasteiger partial charge is 0.338 e. The smallest absolute Gasteiger partial charge is 0.257 e. The Bertz CT molecular complexity index is 664. The van der Waals surface area contributed by atoms with Crippen molar-refractivity contribution in [2.45, 2.75) is 18.9 Å². The number of fused-ring (bicyclic) bond motifs is 1. The molecule has 23 heavy (non-hydrogen) atoms. The Morgan fingerprint density at radius 3 is 2.65 bits per heavy atom. The fourth-order valence-electron chi connectivity index (χ4n) is 2.92. The second-order valence-corrected chi connectivity index (χ2v) is 7.43. The van der Waals surface area contributed by atoms with Gasteiger partial charge in [-0.25, -0.2) is 8.42 Å². The number of piperidine rings is 1. The number of nitrogens with zero attached hydrogens (tertiary/aromatic N) is 3. The van der Waals surface area contributed by atoms with Crippen molar-refractivity contribution in [3.8, 4) is 0 Å². The van der Waals surface area contributed by atoms with Crippen molar-refractivity contribution in [1.82, 2.24) is 15.1 Å². The molecule has 128 valence electrons. The summed E-state index contributed by atoms with van der Waals surface area (Å²) in [5, 5.41) is 3.22. The van der Waals surface area contributed by atoms with Crippen LogP contribution in [-0.4, -0.2) is 68.4 Å². The van der Waals surface area contributed by atoms with Gasteiger partial charge in [0.2, 0.25) is 0 Å². The molecule has 7 nitrogen and oxygen atoms in total. The van der Waals surface area contributed by atoms with Crippen molar-refractivity contribution in [3.63, 3.8) is 0 Å². The third-order valence-electron chi connectivity index (χ3n) is 4.28. The normalized spacial score (nSPS) is 23.5. The zero-order chi connectivity index (χ0) is 15.7. The molecule has 0 aromatic rings. The van der Waals surface area contributed by atoms with Gasteiger partial charge in [-0.1, -0.05) is 0 Å². The summed E-state index contributed by atoms with van der Waals surface area (Å²) in [6.07, 6.45) is 6.99. The topological polar surface area (TPSA) is 82.1 Å². The number of halogens is 1. The second-order valence-electron chi connectivity index (χ2n) is 5.67. The lowest BCUT2D eigenvalue weighted by Gasteiger charge is -2.34. The zero-order valence-corrected chi connectivity index (χ0v) is 14.6. The molecule has 0 aliphatic carbocycles. The number of carbonyl (C=O) groups is 1. The van der Waals surface area contributed by atoms with Crippen molar-refractivity contribution in [3.05, 3.63) is 23.9 Å². The molecule has 0 spiro atoms. The number of nitrogens with one attached hydrogen (secondary N) is 1. The molecule has 0 bridgehead atoms. The van der Waals surface area contributed by atoms with E-state index in [0.29, 0.717) is 31.2 Å². The van der Waals surface area contributed by atoms with Crippen LogP contribution in [0.4, 0.5) is 0 Å². The minimum absolute atomic E-state index is 0. The molecule has 1 amide bonds. The summed E-state index contributed by atoms with van der Waals surface area (Å²) in [7, 11) is -1.55. The Hall–Kier alpha value is -1.38. The maximum Gasteiger partial charge on any atom is 0.257 e. The molecule has 3 heterocycles. The average Bonchev–Trinajstić information content (AvgIpc) is 2.53. The van der Waals surface area contributed by atoms with Crippen LogP contribution in [0.5, 0.6) is 0 Å². The Labute approximate surface area is 142 Å². The van der Waals surface area contributed by atoms with Crippen LogP contribution in [0, 0.1) is 0 Å². The van der Waals surface area contributed by atoms with Crippen LogP contribution in [0.15, 0.2) is 28.3 Å². The first-order valence-corrected chi connectivity index (χ1v) is 9.06. The van der Waals surface area contributed by atoms with Crippen LogP contribution in [0.2, 0.25) is 0 Å². The molecule has 0 aromatic heterocycles. The van der Waals surface area contributed by atoms with Crippen molar-refractivity contribution < 1.29 is 13.2 Å². The highest BCUT2D eigenvalue weighted by Crippen LogP contribution is 2.21. The Balaban J connectivity index is 0.00000192. The van der Waals surface area contributed by atoms with Gasteiger partial charge < -0.3 is 15.1 Å². The number of likely N-dealkylation sites (tertiary alicyclic amines) is 1. The molecular formula is C14H21ClN4O3S. The van der Waals surface area contributed by atoms with Crippen LogP contribution in [-0.2, 0) is 14.8 Å². The highest BCUT2D eigenvalue weighted by molar-refractivity contribution is 7.90. The average molecular weight is 361 g/mol. The van der Waals surface area contributed by atoms with Crippen LogP contribution in [0.3, 0.4) is 0 Å². The summed E-state index contributed by atoms with van der Waals surface area (Å²) in [6.45, 7) is 1.68.